The van der Waals surface area contributed by atoms with Crippen LogP contribution in [-0.2, 0) is 6.54 Å². The Morgan fingerprint density at radius 1 is 1.13 bits per heavy atom. The van der Waals surface area contributed by atoms with E-state index in [0.717, 1.165) is 24.2 Å². The van der Waals surface area contributed by atoms with E-state index in [0.29, 0.717) is 24.2 Å². The van der Waals surface area contributed by atoms with Gasteiger partial charge in [0.1, 0.15) is 23.3 Å². The smallest absolute Gasteiger partial charge is 0.142 e. The van der Waals surface area contributed by atoms with Crippen LogP contribution in [0.25, 0.3) is 0 Å². The minimum Gasteiger partial charge on any atom is -0.490 e. The molecule has 1 aromatic carbocycles. The van der Waals surface area contributed by atoms with E-state index >= 15 is 0 Å². The molecule has 1 N–H and O–H groups in total. The Morgan fingerprint density at radius 3 is 2.78 bits per heavy atom. The molecule has 0 aliphatic heterocycles. The van der Waals surface area contributed by atoms with Crippen molar-refractivity contribution in [2.45, 2.75) is 44.8 Å². The van der Waals surface area contributed by atoms with Gasteiger partial charge in [-0.05, 0) is 55.5 Å². The SMILES string of the molecule is N#Cc1cccc(NCc2cccc(OC3CCCCC3)c2)n1. The Kier molecular flexibility index (Phi) is 5.10. The predicted molar refractivity (Wildman–Crippen MR) is 90.2 cm³/mol. The molecule has 23 heavy (non-hydrogen) atoms. The number of rotatable bonds is 5. The Balaban J connectivity index is 1.59. The summed E-state index contributed by atoms with van der Waals surface area (Å²) in [5, 5.41) is 12.1. The van der Waals surface area contributed by atoms with Gasteiger partial charge in [-0.1, -0.05) is 24.6 Å². The normalized spacial score (nSPS) is 14.9. The number of nitriles is 1. The third kappa shape index (κ3) is 4.46. The number of nitrogens with one attached hydrogen (secondary N) is 1. The first-order valence-electron chi connectivity index (χ1n) is 8.20. The molecule has 2 aromatic rings. The first-order chi connectivity index (χ1) is 11.3. The number of aromatic nitrogens is 1. The topological polar surface area (TPSA) is 57.9 Å². The first-order valence-corrected chi connectivity index (χ1v) is 8.20. The van der Waals surface area contributed by atoms with Crippen LogP contribution in [-0.4, -0.2) is 11.1 Å². The van der Waals surface area contributed by atoms with Gasteiger partial charge >= 0.3 is 0 Å². The maximum Gasteiger partial charge on any atom is 0.142 e. The van der Waals surface area contributed by atoms with E-state index in [1.165, 1.54) is 19.3 Å². The van der Waals surface area contributed by atoms with Gasteiger partial charge in [-0.25, -0.2) is 4.98 Å². The maximum atomic E-state index is 8.88. The summed E-state index contributed by atoms with van der Waals surface area (Å²) in [6.45, 7) is 0.656. The molecule has 0 bridgehead atoms. The highest BCUT2D eigenvalue weighted by Gasteiger charge is 2.14. The fourth-order valence-corrected chi connectivity index (χ4v) is 2.89. The predicted octanol–water partition coefficient (Wildman–Crippen LogP) is 4.28. The first kappa shape index (κ1) is 15.4. The van der Waals surface area contributed by atoms with Crippen molar-refractivity contribution in [3.05, 3.63) is 53.7 Å². The number of hydrogen-bond donors (Lipinski definition) is 1. The van der Waals surface area contributed by atoms with Crippen LogP contribution in [0.5, 0.6) is 5.75 Å². The van der Waals surface area contributed by atoms with Crippen LogP contribution in [0, 0.1) is 11.3 Å². The highest BCUT2D eigenvalue weighted by molar-refractivity contribution is 5.40. The summed E-state index contributed by atoms with van der Waals surface area (Å²) in [6, 6.07) is 15.6. The monoisotopic (exact) mass is 307 g/mol. The zero-order chi connectivity index (χ0) is 15.9. The summed E-state index contributed by atoms with van der Waals surface area (Å²) in [4.78, 5) is 4.22. The summed E-state index contributed by atoms with van der Waals surface area (Å²) in [5.41, 5.74) is 1.56. The number of anilines is 1. The zero-order valence-electron chi connectivity index (χ0n) is 13.2. The lowest BCUT2D eigenvalue weighted by atomic mass is 9.98. The van der Waals surface area contributed by atoms with E-state index < -0.39 is 0 Å². The van der Waals surface area contributed by atoms with Crippen LogP contribution in [0.3, 0.4) is 0 Å². The van der Waals surface area contributed by atoms with Gasteiger partial charge in [0, 0.05) is 6.54 Å². The molecule has 0 amide bonds. The fourth-order valence-electron chi connectivity index (χ4n) is 2.89. The van der Waals surface area contributed by atoms with E-state index in [4.69, 9.17) is 10.00 Å². The van der Waals surface area contributed by atoms with Crippen LogP contribution in [0.4, 0.5) is 5.82 Å². The Morgan fingerprint density at radius 2 is 1.96 bits per heavy atom. The molecule has 3 rings (SSSR count). The van der Waals surface area contributed by atoms with Gasteiger partial charge in [0.2, 0.25) is 0 Å². The molecule has 118 valence electrons. The molecular formula is C19H21N3O. The second-order valence-corrected chi connectivity index (χ2v) is 5.90. The maximum absolute atomic E-state index is 8.88. The third-order valence-electron chi connectivity index (χ3n) is 4.09. The largest absolute Gasteiger partial charge is 0.490 e. The minimum atomic E-state index is 0.362. The lowest BCUT2D eigenvalue weighted by molar-refractivity contribution is 0.155. The molecule has 1 aliphatic rings. The molecular weight excluding hydrogens is 286 g/mol. The number of nitrogens with zero attached hydrogens (tertiary/aromatic N) is 2. The molecule has 0 radical (unpaired) electrons. The second kappa shape index (κ2) is 7.64. The van der Waals surface area contributed by atoms with Gasteiger partial charge in [-0.3, -0.25) is 0 Å². The quantitative estimate of drug-likeness (QED) is 0.896. The molecule has 4 heteroatoms. The van der Waals surface area contributed by atoms with Crippen LogP contribution < -0.4 is 10.1 Å². The molecule has 1 aliphatic carbocycles. The summed E-state index contributed by atoms with van der Waals surface area (Å²) in [7, 11) is 0. The Labute approximate surface area is 137 Å². The van der Waals surface area contributed by atoms with Crippen LogP contribution in [0.1, 0.15) is 43.4 Å². The van der Waals surface area contributed by atoms with Crippen molar-refractivity contribution in [1.29, 1.82) is 5.26 Å². The average Bonchev–Trinajstić information content (AvgIpc) is 2.61. The molecule has 1 aromatic heterocycles. The van der Waals surface area contributed by atoms with Crippen molar-refractivity contribution in [3.63, 3.8) is 0 Å². The van der Waals surface area contributed by atoms with Gasteiger partial charge in [-0.15, -0.1) is 0 Å². The molecule has 1 saturated carbocycles. The number of hydrogen-bond acceptors (Lipinski definition) is 4. The van der Waals surface area contributed by atoms with Crippen molar-refractivity contribution < 1.29 is 4.74 Å². The highest BCUT2D eigenvalue weighted by Crippen LogP contribution is 2.24. The number of pyridine rings is 1. The molecule has 1 fully saturated rings. The van der Waals surface area contributed by atoms with Crippen molar-refractivity contribution in [2.24, 2.45) is 0 Å². The van der Waals surface area contributed by atoms with Crippen molar-refractivity contribution in [1.82, 2.24) is 4.98 Å². The third-order valence-corrected chi connectivity index (χ3v) is 4.09. The highest BCUT2D eigenvalue weighted by atomic mass is 16.5. The summed E-state index contributed by atoms with van der Waals surface area (Å²) < 4.78 is 6.10. The molecule has 0 spiro atoms. The lowest BCUT2D eigenvalue weighted by Gasteiger charge is -2.23. The number of ether oxygens (including phenoxy) is 1. The fraction of sp³-hybridized carbons (Fsp3) is 0.368. The van der Waals surface area contributed by atoms with Gasteiger partial charge in [-0.2, -0.15) is 5.26 Å². The van der Waals surface area contributed by atoms with Crippen molar-refractivity contribution in [3.8, 4) is 11.8 Å². The summed E-state index contributed by atoms with van der Waals surface area (Å²) in [6.07, 6.45) is 6.56. The standard InChI is InChI=1S/C19H21N3O/c20-13-16-7-5-11-19(22-16)21-14-15-6-4-10-18(12-15)23-17-8-2-1-3-9-17/h4-7,10-12,17H,1-3,8-9,14H2,(H,21,22). The van der Waals surface area contributed by atoms with E-state index in [9.17, 15) is 0 Å². The minimum absolute atomic E-state index is 0.362. The summed E-state index contributed by atoms with van der Waals surface area (Å²) >= 11 is 0. The lowest BCUT2D eigenvalue weighted by Crippen LogP contribution is -2.19. The van der Waals surface area contributed by atoms with Gasteiger partial charge in [0.15, 0.2) is 0 Å². The van der Waals surface area contributed by atoms with Crippen molar-refractivity contribution in [2.75, 3.05) is 5.32 Å². The molecule has 0 atom stereocenters. The van der Waals surface area contributed by atoms with Crippen LogP contribution in [0.2, 0.25) is 0 Å². The molecule has 4 nitrogen and oxygen atoms in total. The van der Waals surface area contributed by atoms with Gasteiger partial charge in [0.05, 0.1) is 6.10 Å². The van der Waals surface area contributed by atoms with E-state index in [1.807, 2.05) is 30.3 Å². The molecule has 0 saturated heterocycles. The number of benzene rings is 1. The van der Waals surface area contributed by atoms with E-state index in [-0.39, 0.29) is 0 Å². The van der Waals surface area contributed by atoms with Crippen molar-refractivity contribution >= 4 is 5.82 Å². The summed E-state index contributed by atoms with van der Waals surface area (Å²) in [5.74, 6) is 1.65. The van der Waals surface area contributed by atoms with Gasteiger partial charge in [0.25, 0.3) is 0 Å². The van der Waals surface area contributed by atoms with E-state index in [1.54, 1.807) is 6.07 Å². The van der Waals surface area contributed by atoms with E-state index in [2.05, 4.69) is 22.4 Å². The zero-order valence-corrected chi connectivity index (χ0v) is 13.2. The Hall–Kier alpha value is -2.54. The van der Waals surface area contributed by atoms with Gasteiger partial charge < -0.3 is 10.1 Å². The Bertz CT molecular complexity index is 687. The molecule has 1 heterocycles. The average molecular weight is 307 g/mol. The molecule has 0 unspecified atom stereocenters. The second-order valence-electron chi connectivity index (χ2n) is 5.90. The van der Waals surface area contributed by atoms with Crippen LogP contribution >= 0.6 is 0 Å². The van der Waals surface area contributed by atoms with Crippen LogP contribution in [0.15, 0.2) is 42.5 Å².